The molecule has 0 saturated heterocycles. The summed E-state index contributed by atoms with van der Waals surface area (Å²) < 4.78 is 5.70. The molecule has 0 bridgehead atoms. The molecule has 1 aromatic heterocycles. The number of rotatable bonds is 13. The average Bonchev–Trinajstić information content (AvgIpc) is 2.64. The van der Waals surface area contributed by atoms with Crippen molar-refractivity contribution < 1.29 is 4.74 Å². The molecule has 0 atom stereocenters. The highest BCUT2D eigenvalue weighted by molar-refractivity contribution is 5.14. The Morgan fingerprint density at radius 3 is 2.42 bits per heavy atom. The maximum atomic E-state index is 5.70. The fraction of sp³-hybridized carbons (Fsp3) is 0.476. The van der Waals surface area contributed by atoms with Crippen molar-refractivity contribution >= 4 is 0 Å². The smallest absolute Gasteiger partial charge is 0.0469 e. The molecule has 0 radical (unpaired) electrons. The van der Waals surface area contributed by atoms with Crippen LogP contribution in [0.25, 0.3) is 0 Å². The Labute approximate surface area is 146 Å². The molecule has 0 aliphatic rings. The van der Waals surface area contributed by atoms with Crippen molar-refractivity contribution in [3.05, 3.63) is 66.0 Å². The summed E-state index contributed by atoms with van der Waals surface area (Å²) in [5.41, 5.74) is 2.51. The van der Waals surface area contributed by atoms with Gasteiger partial charge in [0.2, 0.25) is 0 Å². The molecule has 24 heavy (non-hydrogen) atoms. The highest BCUT2D eigenvalue weighted by atomic mass is 16.5. The van der Waals surface area contributed by atoms with Gasteiger partial charge in [0, 0.05) is 31.6 Å². The van der Waals surface area contributed by atoms with Crippen LogP contribution in [0.5, 0.6) is 0 Å². The second kappa shape index (κ2) is 12.7. The van der Waals surface area contributed by atoms with E-state index in [2.05, 4.69) is 46.7 Å². The first kappa shape index (κ1) is 18.6. The van der Waals surface area contributed by atoms with Gasteiger partial charge in [0.05, 0.1) is 0 Å². The van der Waals surface area contributed by atoms with E-state index in [1.807, 2.05) is 18.3 Å². The predicted octanol–water partition coefficient (Wildman–Crippen LogP) is 4.38. The molecule has 1 aromatic carbocycles. The lowest BCUT2D eigenvalue weighted by Gasteiger charge is -2.06. The van der Waals surface area contributed by atoms with Crippen LogP contribution in [-0.4, -0.2) is 24.7 Å². The zero-order valence-corrected chi connectivity index (χ0v) is 14.6. The van der Waals surface area contributed by atoms with Crippen LogP contribution in [0.15, 0.2) is 54.7 Å². The van der Waals surface area contributed by atoms with Gasteiger partial charge in [-0.2, -0.15) is 0 Å². The lowest BCUT2D eigenvalue weighted by molar-refractivity contribution is 0.127. The molecular formula is C21H30N2O. The summed E-state index contributed by atoms with van der Waals surface area (Å²) in [6.07, 6.45) is 8.86. The van der Waals surface area contributed by atoms with E-state index in [0.29, 0.717) is 0 Å². The van der Waals surface area contributed by atoms with Gasteiger partial charge in [-0.25, -0.2) is 0 Å². The first-order valence-corrected chi connectivity index (χ1v) is 9.17. The number of pyridine rings is 1. The molecule has 3 heteroatoms. The third-order valence-corrected chi connectivity index (χ3v) is 4.01. The van der Waals surface area contributed by atoms with Gasteiger partial charge >= 0.3 is 0 Å². The number of hydrogen-bond acceptors (Lipinski definition) is 3. The number of nitrogens with zero attached hydrogens (tertiary/aromatic N) is 1. The lowest BCUT2D eigenvalue weighted by atomic mass is 10.2. The van der Waals surface area contributed by atoms with Crippen LogP contribution in [0, 0.1) is 0 Å². The third kappa shape index (κ3) is 8.80. The van der Waals surface area contributed by atoms with Crippen molar-refractivity contribution in [2.45, 2.75) is 45.1 Å². The van der Waals surface area contributed by atoms with Crippen LogP contribution in [0.3, 0.4) is 0 Å². The molecule has 1 heterocycles. The van der Waals surface area contributed by atoms with Crippen molar-refractivity contribution in [1.29, 1.82) is 0 Å². The van der Waals surface area contributed by atoms with E-state index in [4.69, 9.17) is 4.74 Å². The van der Waals surface area contributed by atoms with Gasteiger partial charge in [0.1, 0.15) is 0 Å². The Kier molecular flexibility index (Phi) is 9.84. The van der Waals surface area contributed by atoms with E-state index in [9.17, 15) is 0 Å². The maximum Gasteiger partial charge on any atom is 0.0469 e. The summed E-state index contributed by atoms with van der Waals surface area (Å²) in [7, 11) is 0. The van der Waals surface area contributed by atoms with Crippen LogP contribution in [-0.2, 0) is 17.7 Å². The van der Waals surface area contributed by atoms with Gasteiger partial charge in [-0.3, -0.25) is 4.98 Å². The topological polar surface area (TPSA) is 34.1 Å². The summed E-state index contributed by atoms with van der Waals surface area (Å²) in [6, 6.07) is 16.6. The van der Waals surface area contributed by atoms with E-state index in [-0.39, 0.29) is 0 Å². The average molecular weight is 326 g/mol. The predicted molar refractivity (Wildman–Crippen MR) is 100.0 cm³/mol. The van der Waals surface area contributed by atoms with Gasteiger partial charge in [-0.05, 0) is 49.9 Å². The molecule has 1 N–H and O–H groups in total. The van der Waals surface area contributed by atoms with Crippen LogP contribution in [0.2, 0.25) is 0 Å². The van der Waals surface area contributed by atoms with Crippen molar-refractivity contribution in [3.8, 4) is 0 Å². The Bertz CT molecular complexity index is 466. The molecule has 3 nitrogen and oxygen atoms in total. The molecule has 0 fully saturated rings. The molecular weight excluding hydrogens is 296 g/mol. The quantitative estimate of drug-likeness (QED) is 0.555. The highest BCUT2D eigenvalue weighted by Gasteiger charge is 1.95. The molecule has 0 saturated carbocycles. The van der Waals surface area contributed by atoms with E-state index >= 15 is 0 Å². The number of aromatic nitrogens is 1. The van der Waals surface area contributed by atoms with Crippen molar-refractivity contribution in [1.82, 2.24) is 10.3 Å². The van der Waals surface area contributed by atoms with E-state index in [1.165, 1.54) is 31.2 Å². The SMILES string of the molecule is c1ccc(CNCCCCCCOCCCc2ccccn2)cc1. The van der Waals surface area contributed by atoms with Gasteiger partial charge in [-0.15, -0.1) is 0 Å². The molecule has 0 aliphatic heterocycles. The van der Waals surface area contributed by atoms with Gasteiger partial charge in [0.15, 0.2) is 0 Å². The number of benzene rings is 1. The Morgan fingerprint density at radius 1 is 0.792 bits per heavy atom. The number of unbranched alkanes of at least 4 members (excludes halogenated alkanes) is 3. The summed E-state index contributed by atoms with van der Waals surface area (Å²) in [4.78, 5) is 4.32. The second-order valence-corrected chi connectivity index (χ2v) is 6.11. The summed E-state index contributed by atoms with van der Waals surface area (Å²) in [5.74, 6) is 0. The molecule has 130 valence electrons. The standard InChI is InChI=1S/C21H30N2O/c1(7-15-22-19-20-11-4-3-5-12-20)2-9-17-24-18-10-14-21-13-6-8-16-23-21/h3-6,8,11-13,16,22H,1-2,7,9-10,14-15,17-19H2. The zero-order valence-electron chi connectivity index (χ0n) is 14.6. The molecule has 0 spiro atoms. The molecule has 2 aromatic rings. The van der Waals surface area contributed by atoms with Crippen LogP contribution >= 0.6 is 0 Å². The van der Waals surface area contributed by atoms with Gasteiger partial charge in [0.25, 0.3) is 0 Å². The van der Waals surface area contributed by atoms with Crippen molar-refractivity contribution in [2.75, 3.05) is 19.8 Å². The molecule has 0 aliphatic carbocycles. The Balaban J connectivity index is 1.32. The number of hydrogen-bond donors (Lipinski definition) is 1. The third-order valence-electron chi connectivity index (χ3n) is 4.01. The van der Waals surface area contributed by atoms with Crippen LogP contribution in [0.4, 0.5) is 0 Å². The van der Waals surface area contributed by atoms with E-state index < -0.39 is 0 Å². The highest BCUT2D eigenvalue weighted by Crippen LogP contribution is 2.02. The summed E-state index contributed by atoms with van der Waals surface area (Å²) in [6.45, 7) is 3.80. The maximum absolute atomic E-state index is 5.70. The number of ether oxygens (including phenoxy) is 1. The summed E-state index contributed by atoms with van der Waals surface area (Å²) >= 11 is 0. The van der Waals surface area contributed by atoms with E-state index in [0.717, 1.165) is 44.8 Å². The van der Waals surface area contributed by atoms with E-state index in [1.54, 1.807) is 0 Å². The molecule has 0 amide bonds. The normalized spacial score (nSPS) is 10.8. The fourth-order valence-electron chi connectivity index (χ4n) is 2.64. The minimum Gasteiger partial charge on any atom is -0.381 e. The Morgan fingerprint density at radius 2 is 1.58 bits per heavy atom. The van der Waals surface area contributed by atoms with Gasteiger partial charge < -0.3 is 10.1 Å². The molecule has 0 unspecified atom stereocenters. The minimum absolute atomic E-state index is 0.842. The van der Waals surface area contributed by atoms with Crippen LogP contribution in [0.1, 0.15) is 43.4 Å². The van der Waals surface area contributed by atoms with Crippen molar-refractivity contribution in [3.63, 3.8) is 0 Å². The number of aryl methyl sites for hydroxylation is 1. The summed E-state index contributed by atoms with van der Waals surface area (Å²) in [5, 5.41) is 3.50. The Hall–Kier alpha value is -1.71. The minimum atomic E-state index is 0.842. The first-order chi connectivity index (χ1) is 11.9. The second-order valence-electron chi connectivity index (χ2n) is 6.11. The van der Waals surface area contributed by atoms with Crippen LogP contribution < -0.4 is 5.32 Å². The number of nitrogens with one attached hydrogen (secondary N) is 1. The lowest BCUT2D eigenvalue weighted by Crippen LogP contribution is -2.14. The first-order valence-electron chi connectivity index (χ1n) is 9.17. The largest absolute Gasteiger partial charge is 0.381 e. The van der Waals surface area contributed by atoms with Crippen molar-refractivity contribution in [2.24, 2.45) is 0 Å². The van der Waals surface area contributed by atoms with Gasteiger partial charge in [-0.1, -0.05) is 49.2 Å². The zero-order chi connectivity index (χ0) is 16.7. The monoisotopic (exact) mass is 326 g/mol. The fourth-order valence-corrected chi connectivity index (χ4v) is 2.64. The molecule has 2 rings (SSSR count).